The number of nitrogens with two attached hydrogens (primary N) is 4. The summed E-state index contributed by atoms with van der Waals surface area (Å²) in [5.41, 5.74) is 30.3. The first kappa shape index (κ1) is 46.5. The van der Waals surface area contributed by atoms with Gasteiger partial charge in [0.2, 0.25) is 0 Å². The minimum atomic E-state index is -0.415. The van der Waals surface area contributed by atoms with E-state index in [1.165, 1.54) is 41.7 Å². The van der Waals surface area contributed by atoms with Gasteiger partial charge in [0, 0.05) is 53.6 Å². The van der Waals surface area contributed by atoms with Gasteiger partial charge in [-0.3, -0.25) is 24.0 Å². The summed E-state index contributed by atoms with van der Waals surface area (Å²) >= 11 is 0. The molecule has 12 nitrogen and oxygen atoms in total. The monoisotopic (exact) mass is 877 g/mol. The average molecular weight is 878 g/mol. The number of carbonyl (C=O) groups excluding carboxylic acids is 5. The Labute approximate surface area is 380 Å². The molecule has 3 aromatic heterocycles. The summed E-state index contributed by atoms with van der Waals surface area (Å²) < 4.78 is 0. The van der Waals surface area contributed by atoms with E-state index in [0.717, 1.165) is 96.9 Å². The van der Waals surface area contributed by atoms with Gasteiger partial charge in [0.1, 0.15) is 0 Å². The van der Waals surface area contributed by atoms with Crippen molar-refractivity contribution >= 4 is 62.0 Å². The molecule has 3 aliphatic rings. The normalized spacial score (nSPS) is 21.9. The van der Waals surface area contributed by atoms with Crippen LogP contribution in [0.4, 0.5) is 0 Å². The maximum Gasteiger partial charge on any atom is 0.250 e. The molecule has 340 valence electrons. The van der Waals surface area contributed by atoms with Gasteiger partial charge >= 0.3 is 0 Å². The first-order valence-corrected chi connectivity index (χ1v) is 23.1. The molecule has 0 aliphatic heterocycles. The van der Waals surface area contributed by atoms with E-state index >= 15 is 0 Å². The van der Waals surface area contributed by atoms with Crippen molar-refractivity contribution in [2.24, 2.45) is 34.8 Å². The number of rotatable bonds is 12. The number of ketones is 2. The largest absolute Gasteiger partial charge is 0.366 e. The Morgan fingerprint density at radius 3 is 1.15 bits per heavy atom. The van der Waals surface area contributed by atoms with Gasteiger partial charge in [0.25, 0.3) is 17.7 Å². The summed E-state index contributed by atoms with van der Waals surface area (Å²) in [6, 6.07) is 17.9. The third-order valence-corrected chi connectivity index (χ3v) is 14.1. The standard InChI is InChI=1S/2C19H22N2O2.C15H19N3O/c2*1-2-14(22)11-12-4-3-5-13(10-12)15-6-7-17(19(20)23)18-16(15)8-9-21-18;16-10-3-1-2-9(8-10)11-4-5-13(15(17)19)14-12(11)6-7-18-14/h2*2,6-9,12-13,21H,1,3-5,10-11H2,(H2,20,23);4-7,9-10,18H,1-3,8,16H2,(H2,17,19)/t12-,13+;12-,13-;/m00./s1. The third kappa shape index (κ3) is 10.7. The Balaban J connectivity index is 0.000000146. The lowest BCUT2D eigenvalue weighted by molar-refractivity contribution is -0.116. The minimum absolute atomic E-state index is 0.131. The van der Waals surface area contributed by atoms with E-state index in [9.17, 15) is 24.0 Å². The molecule has 11 N–H and O–H groups in total. The second-order valence-corrected chi connectivity index (χ2v) is 18.3. The first-order valence-electron chi connectivity index (χ1n) is 23.1. The summed E-state index contributed by atoms with van der Waals surface area (Å²) in [4.78, 5) is 67.2. The molecule has 3 fully saturated rings. The Hall–Kier alpha value is -6.53. The quantitative estimate of drug-likeness (QED) is 0.0591. The molecule has 3 amide bonds. The number of fused-ring (bicyclic) bond motifs is 3. The molecule has 3 saturated carbocycles. The number of primary amides is 3. The van der Waals surface area contributed by atoms with Gasteiger partial charge < -0.3 is 37.9 Å². The SMILES string of the molecule is C=CC(=O)C[C@H]1CCC[C@@H](c2ccc(C(N)=O)c3[nH]ccc23)C1.C=CC(=O)C[C@H]1CCC[C@H](c2ccc(C(N)=O)c3[nH]ccc23)C1.NC(=O)c1ccc(C2CCCC(N)C2)c2cc[nH]c12. The Morgan fingerprint density at radius 2 is 0.831 bits per heavy atom. The van der Waals surface area contributed by atoms with Crippen LogP contribution in [0.5, 0.6) is 0 Å². The zero-order chi connectivity index (χ0) is 46.2. The Morgan fingerprint density at radius 1 is 0.492 bits per heavy atom. The van der Waals surface area contributed by atoms with Gasteiger partial charge in [0.15, 0.2) is 11.6 Å². The molecule has 0 spiro atoms. The van der Waals surface area contributed by atoms with E-state index in [1.54, 1.807) is 0 Å². The summed E-state index contributed by atoms with van der Waals surface area (Å²) in [7, 11) is 0. The maximum absolute atomic E-state index is 11.6. The number of allylic oxidation sites excluding steroid dienone is 2. The van der Waals surface area contributed by atoms with Gasteiger partial charge in [0.05, 0.1) is 33.2 Å². The fourth-order valence-electron chi connectivity index (χ4n) is 11.0. The number of amides is 3. The van der Waals surface area contributed by atoms with E-state index in [0.29, 0.717) is 65.2 Å². The predicted octanol–water partition coefficient (Wildman–Crippen LogP) is 9.62. The molecule has 2 unspecified atom stereocenters. The highest BCUT2D eigenvalue weighted by Crippen LogP contribution is 2.42. The molecule has 3 heterocycles. The number of benzene rings is 3. The van der Waals surface area contributed by atoms with Crippen LogP contribution in [0.25, 0.3) is 32.7 Å². The molecule has 0 saturated heterocycles. The maximum atomic E-state index is 11.6. The number of hydrogen-bond donors (Lipinski definition) is 7. The smallest absolute Gasteiger partial charge is 0.250 e. The van der Waals surface area contributed by atoms with E-state index in [2.05, 4.69) is 28.1 Å². The zero-order valence-corrected chi connectivity index (χ0v) is 37.2. The van der Waals surface area contributed by atoms with Crippen LogP contribution in [-0.4, -0.2) is 50.3 Å². The highest BCUT2D eigenvalue weighted by atomic mass is 16.2. The molecule has 9 rings (SSSR count). The average Bonchev–Trinajstić information content (AvgIpc) is 4.11. The van der Waals surface area contributed by atoms with Crippen molar-refractivity contribution in [1.29, 1.82) is 0 Å². The lowest BCUT2D eigenvalue weighted by Crippen LogP contribution is -2.27. The molecular weight excluding hydrogens is 815 g/mol. The Kier molecular flexibility index (Phi) is 15.0. The van der Waals surface area contributed by atoms with Crippen LogP contribution in [0.1, 0.15) is 155 Å². The minimum Gasteiger partial charge on any atom is -0.366 e. The van der Waals surface area contributed by atoms with Crippen LogP contribution < -0.4 is 22.9 Å². The van der Waals surface area contributed by atoms with Crippen molar-refractivity contribution in [3.8, 4) is 0 Å². The third-order valence-electron chi connectivity index (χ3n) is 14.1. The number of aromatic nitrogens is 3. The van der Waals surface area contributed by atoms with Crippen LogP contribution in [0.2, 0.25) is 0 Å². The number of carbonyl (C=O) groups is 5. The van der Waals surface area contributed by atoms with Gasteiger partial charge in [-0.05, 0) is 153 Å². The van der Waals surface area contributed by atoms with Crippen molar-refractivity contribution in [3.05, 3.63) is 132 Å². The second-order valence-electron chi connectivity index (χ2n) is 18.3. The number of aromatic amines is 3. The van der Waals surface area contributed by atoms with Crippen LogP contribution in [0.15, 0.2) is 98.5 Å². The van der Waals surface area contributed by atoms with E-state index in [4.69, 9.17) is 22.9 Å². The van der Waals surface area contributed by atoms with Gasteiger partial charge in [-0.15, -0.1) is 0 Å². The predicted molar refractivity (Wildman–Crippen MR) is 259 cm³/mol. The number of H-pyrrole nitrogens is 3. The van der Waals surface area contributed by atoms with Crippen molar-refractivity contribution in [2.75, 3.05) is 0 Å². The van der Waals surface area contributed by atoms with Crippen LogP contribution in [0.3, 0.4) is 0 Å². The van der Waals surface area contributed by atoms with Crippen molar-refractivity contribution in [2.45, 2.75) is 114 Å². The summed E-state index contributed by atoms with van der Waals surface area (Å²) in [6.45, 7) is 7.13. The highest BCUT2D eigenvalue weighted by molar-refractivity contribution is 6.07. The summed E-state index contributed by atoms with van der Waals surface area (Å²) in [5, 5.41) is 3.25. The van der Waals surface area contributed by atoms with Crippen molar-refractivity contribution in [1.82, 2.24) is 15.0 Å². The fraction of sp³-hybridized carbons (Fsp3) is 0.377. The molecule has 3 aromatic carbocycles. The second kappa shape index (κ2) is 21.0. The van der Waals surface area contributed by atoms with Gasteiger partial charge in [-0.25, -0.2) is 0 Å². The number of nitrogens with one attached hydrogen (secondary N) is 3. The van der Waals surface area contributed by atoms with Crippen molar-refractivity contribution < 1.29 is 24.0 Å². The first-order chi connectivity index (χ1) is 31.4. The van der Waals surface area contributed by atoms with E-state index in [1.807, 2.05) is 73.2 Å². The molecule has 65 heavy (non-hydrogen) atoms. The van der Waals surface area contributed by atoms with Crippen LogP contribution in [-0.2, 0) is 9.59 Å². The van der Waals surface area contributed by atoms with E-state index in [-0.39, 0.29) is 17.5 Å². The fourth-order valence-corrected chi connectivity index (χ4v) is 11.0. The topological polar surface area (TPSA) is 237 Å². The molecule has 0 radical (unpaired) electrons. The van der Waals surface area contributed by atoms with Crippen molar-refractivity contribution in [3.63, 3.8) is 0 Å². The van der Waals surface area contributed by atoms with Crippen LogP contribution in [0, 0.1) is 11.8 Å². The van der Waals surface area contributed by atoms with Gasteiger partial charge in [-0.2, -0.15) is 0 Å². The number of hydrogen-bond acceptors (Lipinski definition) is 6. The molecule has 0 bridgehead atoms. The lowest BCUT2D eigenvalue weighted by atomic mass is 9.75. The molecular formula is C53H63N7O5. The van der Waals surface area contributed by atoms with Gasteiger partial charge in [-0.1, -0.05) is 50.6 Å². The summed E-state index contributed by atoms with van der Waals surface area (Å²) in [5.74, 6) is 1.22. The molecule has 3 aliphatic carbocycles. The molecule has 6 atom stereocenters. The lowest BCUT2D eigenvalue weighted by Gasteiger charge is -2.29. The zero-order valence-electron chi connectivity index (χ0n) is 37.2. The highest BCUT2D eigenvalue weighted by Gasteiger charge is 2.28. The van der Waals surface area contributed by atoms with E-state index < -0.39 is 11.8 Å². The summed E-state index contributed by atoms with van der Waals surface area (Å²) in [6.07, 6.45) is 22.8. The molecule has 12 heteroatoms. The molecule has 6 aromatic rings. The van der Waals surface area contributed by atoms with Crippen LogP contribution >= 0.6 is 0 Å². The Bertz CT molecular complexity index is 2590.